The van der Waals surface area contributed by atoms with Crippen LogP contribution in [0.25, 0.3) is 0 Å². The van der Waals surface area contributed by atoms with Gasteiger partial charge in [0.25, 0.3) is 0 Å². The summed E-state index contributed by atoms with van der Waals surface area (Å²) in [6.07, 6.45) is 5.28. The normalized spacial score (nSPS) is 11.7. The maximum Gasteiger partial charge on any atom is 0.0404 e. The molecule has 0 heterocycles. The van der Waals surface area contributed by atoms with Gasteiger partial charge in [-0.25, -0.2) is 0 Å². The Morgan fingerprint density at radius 2 is 2.00 bits per heavy atom. The smallest absolute Gasteiger partial charge is 0.0404 e. The fourth-order valence-electron chi connectivity index (χ4n) is 1.31. The molecule has 2 nitrogen and oxygen atoms in total. The summed E-state index contributed by atoms with van der Waals surface area (Å²) in [4.78, 5) is 2.46. The average molecular weight is 219 g/mol. The van der Waals surface area contributed by atoms with Gasteiger partial charge in [-0.3, -0.25) is 0 Å². The molecule has 0 saturated heterocycles. The molecule has 0 aromatic heterocycles. The molecule has 0 aliphatic carbocycles. The van der Waals surface area contributed by atoms with Crippen LogP contribution in [-0.2, 0) is 0 Å². The van der Waals surface area contributed by atoms with E-state index in [0.29, 0.717) is 5.88 Å². The van der Waals surface area contributed by atoms with E-state index in [-0.39, 0.29) is 0 Å². The second kappa shape index (κ2) is 11.0. The van der Waals surface area contributed by atoms with Gasteiger partial charge in [0, 0.05) is 25.5 Å². The van der Waals surface area contributed by atoms with E-state index >= 15 is 0 Å². The molecule has 0 aliphatic heterocycles. The minimum absolute atomic E-state index is 0.610. The van der Waals surface area contributed by atoms with Crippen molar-refractivity contribution in [3.63, 3.8) is 0 Å². The lowest BCUT2D eigenvalue weighted by atomic mass is 10.4. The van der Waals surface area contributed by atoms with Crippen LogP contribution in [0.5, 0.6) is 0 Å². The first-order chi connectivity index (χ1) is 6.85. The molecule has 0 aromatic carbocycles. The molecule has 3 heteroatoms. The van der Waals surface area contributed by atoms with Crippen molar-refractivity contribution < 1.29 is 0 Å². The molecule has 0 radical (unpaired) electrons. The molecule has 0 saturated carbocycles. The van der Waals surface area contributed by atoms with Gasteiger partial charge in [-0.15, -0.1) is 11.6 Å². The fourth-order valence-corrected chi connectivity index (χ4v) is 1.44. The molecule has 0 fully saturated rings. The summed E-state index contributed by atoms with van der Waals surface area (Å²) in [5.74, 6) is 0.610. The van der Waals surface area contributed by atoms with Gasteiger partial charge in [-0.1, -0.05) is 26.0 Å². The number of hydrogen-bond donors (Lipinski definition) is 1. The van der Waals surface area contributed by atoms with Crippen LogP contribution in [0.1, 0.15) is 20.3 Å². The second-order valence-corrected chi connectivity index (χ2v) is 3.57. The highest BCUT2D eigenvalue weighted by molar-refractivity contribution is 6.18. The molecule has 0 unspecified atom stereocenters. The highest BCUT2D eigenvalue weighted by atomic mass is 35.5. The zero-order valence-corrected chi connectivity index (χ0v) is 10.2. The van der Waals surface area contributed by atoms with Crippen molar-refractivity contribution in [2.75, 3.05) is 38.6 Å². The summed E-state index contributed by atoms with van der Waals surface area (Å²) in [7, 11) is 0. The number of hydrogen-bond acceptors (Lipinski definition) is 2. The molecule has 0 spiro atoms. The Balaban J connectivity index is 3.28. The lowest BCUT2D eigenvalue weighted by Gasteiger charge is -2.19. The van der Waals surface area contributed by atoms with Crippen LogP contribution in [-0.4, -0.2) is 43.5 Å². The van der Waals surface area contributed by atoms with Crippen LogP contribution in [0.3, 0.4) is 0 Å². The average Bonchev–Trinajstić information content (AvgIpc) is 2.21. The number of alkyl halides is 1. The lowest BCUT2D eigenvalue weighted by molar-refractivity contribution is 0.289. The molecule has 14 heavy (non-hydrogen) atoms. The molecular weight excluding hydrogens is 196 g/mol. The fraction of sp³-hybridized carbons (Fsp3) is 0.818. The number of nitrogens with zero attached hydrogens (tertiary/aromatic N) is 1. The van der Waals surface area contributed by atoms with E-state index in [1.807, 2.05) is 6.08 Å². The molecule has 0 aromatic rings. The minimum atomic E-state index is 0.610. The summed E-state index contributed by atoms with van der Waals surface area (Å²) in [5, 5.41) is 3.36. The monoisotopic (exact) mass is 218 g/mol. The minimum Gasteiger partial charge on any atom is -0.312 e. The summed E-state index contributed by atoms with van der Waals surface area (Å²) in [5.41, 5.74) is 0. The third kappa shape index (κ3) is 8.54. The molecule has 1 N–H and O–H groups in total. The predicted octanol–water partition coefficient (Wildman–Crippen LogP) is 2.10. The van der Waals surface area contributed by atoms with Gasteiger partial charge in [0.2, 0.25) is 0 Å². The first-order valence-electron chi connectivity index (χ1n) is 5.49. The highest BCUT2D eigenvalue weighted by Crippen LogP contribution is 1.88. The number of rotatable bonds is 9. The summed E-state index contributed by atoms with van der Waals surface area (Å²) in [6.45, 7) is 9.90. The summed E-state index contributed by atoms with van der Waals surface area (Å²) in [6, 6.07) is 0. The van der Waals surface area contributed by atoms with Gasteiger partial charge in [-0.05, 0) is 19.5 Å². The van der Waals surface area contributed by atoms with E-state index < -0.39 is 0 Å². The molecule has 0 rings (SSSR count). The topological polar surface area (TPSA) is 15.3 Å². The van der Waals surface area contributed by atoms with Crippen LogP contribution in [0.4, 0.5) is 0 Å². The Bertz CT molecular complexity index is 137. The van der Waals surface area contributed by atoms with E-state index in [0.717, 1.165) is 26.2 Å². The highest BCUT2D eigenvalue weighted by Gasteiger charge is 1.98. The Labute approximate surface area is 93.3 Å². The van der Waals surface area contributed by atoms with E-state index in [4.69, 9.17) is 11.6 Å². The number of nitrogens with one attached hydrogen (secondary N) is 1. The maximum atomic E-state index is 5.51. The molecule has 0 aliphatic rings. The summed E-state index contributed by atoms with van der Waals surface area (Å²) >= 11 is 5.51. The van der Waals surface area contributed by atoms with Crippen LogP contribution in [0.2, 0.25) is 0 Å². The van der Waals surface area contributed by atoms with Crippen LogP contribution in [0, 0.1) is 0 Å². The third-order valence-electron chi connectivity index (χ3n) is 2.11. The number of likely N-dealkylation sites (N-methyl/N-ethyl adjacent to an activating group) is 1. The molecule has 0 bridgehead atoms. The van der Waals surface area contributed by atoms with Crippen LogP contribution >= 0.6 is 11.6 Å². The van der Waals surface area contributed by atoms with E-state index in [9.17, 15) is 0 Å². The van der Waals surface area contributed by atoms with Gasteiger partial charge in [0.1, 0.15) is 0 Å². The van der Waals surface area contributed by atoms with Crippen molar-refractivity contribution in [3.8, 4) is 0 Å². The van der Waals surface area contributed by atoms with Crippen LogP contribution in [0.15, 0.2) is 12.2 Å². The van der Waals surface area contributed by atoms with Crippen molar-refractivity contribution in [2.24, 2.45) is 0 Å². The zero-order valence-electron chi connectivity index (χ0n) is 9.43. The van der Waals surface area contributed by atoms with Crippen molar-refractivity contribution in [1.29, 1.82) is 0 Å². The Kier molecular flexibility index (Phi) is 11.0. The first kappa shape index (κ1) is 13.9. The van der Waals surface area contributed by atoms with Crippen LogP contribution < -0.4 is 5.32 Å². The van der Waals surface area contributed by atoms with E-state index in [1.54, 1.807) is 0 Å². The molecular formula is C11H23ClN2. The van der Waals surface area contributed by atoms with Crippen molar-refractivity contribution in [3.05, 3.63) is 12.2 Å². The van der Waals surface area contributed by atoms with Gasteiger partial charge in [-0.2, -0.15) is 0 Å². The largest absolute Gasteiger partial charge is 0.312 e. The van der Waals surface area contributed by atoms with Gasteiger partial charge in [0.15, 0.2) is 0 Å². The second-order valence-electron chi connectivity index (χ2n) is 3.26. The van der Waals surface area contributed by atoms with Crippen molar-refractivity contribution in [1.82, 2.24) is 10.2 Å². The van der Waals surface area contributed by atoms with Crippen molar-refractivity contribution >= 4 is 11.6 Å². The SMILES string of the molecule is CCCN(CC)CCNC/C=C/CCl. The first-order valence-corrected chi connectivity index (χ1v) is 6.02. The van der Waals surface area contributed by atoms with Gasteiger partial charge < -0.3 is 10.2 Å². The number of allylic oxidation sites excluding steroid dienone is 1. The summed E-state index contributed by atoms with van der Waals surface area (Å²) < 4.78 is 0. The zero-order chi connectivity index (χ0) is 10.6. The quantitative estimate of drug-likeness (QED) is 0.362. The Morgan fingerprint density at radius 1 is 1.21 bits per heavy atom. The van der Waals surface area contributed by atoms with Gasteiger partial charge in [0.05, 0.1) is 0 Å². The standard InChI is InChI=1S/C11H23ClN2/c1-3-10-14(4-2)11-9-13-8-6-5-7-12/h5-6,13H,3-4,7-11H2,1-2H3/b6-5+. The van der Waals surface area contributed by atoms with E-state index in [1.165, 1.54) is 13.0 Å². The Hall–Kier alpha value is -0.0500. The lowest BCUT2D eigenvalue weighted by Crippen LogP contribution is -2.32. The van der Waals surface area contributed by atoms with Gasteiger partial charge >= 0.3 is 0 Å². The Morgan fingerprint density at radius 3 is 2.57 bits per heavy atom. The third-order valence-corrected chi connectivity index (χ3v) is 2.29. The van der Waals surface area contributed by atoms with E-state index in [2.05, 4.69) is 30.1 Å². The predicted molar refractivity (Wildman–Crippen MR) is 65.1 cm³/mol. The molecule has 0 atom stereocenters. The number of halogens is 1. The molecule has 84 valence electrons. The maximum absolute atomic E-state index is 5.51. The molecule has 0 amide bonds. The van der Waals surface area contributed by atoms with Crippen molar-refractivity contribution in [2.45, 2.75) is 20.3 Å².